The van der Waals surface area contributed by atoms with Gasteiger partial charge in [0.15, 0.2) is 0 Å². The summed E-state index contributed by atoms with van der Waals surface area (Å²) in [5.74, 6) is 0. The molecule has 0 aliphatic rings. The summed E-state index contributed by atoms with van der Waals surface area (Å²) >= 11 is 0. The van der Waals surface area contributed by atoms with E-state index in [1.807, 2.05) is 91.8 Å². The van der Waals surface area contributed by atoms with Crippen molar-refractivity contribution in [3.63, 3.8) is 0 Å². The summed E-state index contributed by atoms with van der Waals surface area (Å²) in [6, 6.07) is 0. The molecule has 0 heterocycles. The predicted molar refractivity (Wildman–Crippen MR) is 91.1 cm³/mol. The highest BCUT2D eigenvalue weighted by Gasteiger charge is 1.92. The maximum absolute atomic E-state index is 3.74. The first kappa shape index (κ1) is 25.5. The minimum atomic E-state index is 1.10. The van der Waals surface area contributed by atoms with Crippen molar-refractivity contribution in [3.05, 3.63) is 60.8 Å². The van der Waals surface area contributed by atoms with Crippen molar-refractivity contribution in [1.82, 2.24) is 0 Å². The minimum Gasteiger partial charge on any atom is -0.0985 e. The zero-order chi connectivity index (χ0) is 15.4. The van der Waals surface area contributed by atoms with E-state index < -0.39 is 0 Å². The van der Waals surface area contributed by atoms with Crippen LogP contribution < -0.4 is 0 Å². The van der Waals surface area contributed by atoms with E-state index in [9.17, 15) is 0 Å². The van der Waals surface area contributed by atoms with Gasteiger partial charge in [-0.2, -0.15) is 0 Å². The third-order valence-corrected chi connectivity index (χ3v) is 1.55. The van der Waals surface area contributed by atoms with Crippen LogP contribution in [-0.4, -0.2) is 0 Å². The van der Waals surface area contributed by atoms with Gasteiger partial charge < -0.3 is 0 Å². The fraction of sp³-hybridized carbons (Fsp3) is 0.444. The van der Waals surface area contributed by atoms with Crippen molar-refractivity contribution in [2.75, 3.05) is 0 Å². The van der Waals surface area contributed by atoms with Crippen molar-refractivity contribution in [1.29, 1.82) is 0 Å². The Morgan fingerprint density at radius 1 is 0.722 bits per heavy atom. The van der Waals surface area contributed by atoms with Crippen molar-refractivity contribution >= 4 is 0 Å². The summed E-state index contributed by atoms with van der Waals surface area (Å²) in [6.07, 6.45) is 11.7. The van der Waals surface area contributed by atoms with Crippen molar-refractivity contribution in [2.45, 2.75) is 55.4 Å². The second-order valence-electron chi connectivity index (χ2n) is 2.30. The monoisotopic (exact) mass is 250 g/mol. The third-order valence-electron chi connectivity index (χ3n) is 1.55. The molecule has 0 bridgehead atoms. The molecule has 0 saturated carbocycles. The predicted octanol–water partition coefficient (Wildman–Crippen LogP) is 6.89. The van der Waals surface area contributed by atoms with Gasteiger partial charge in [-0.25, -0.2) is 0 Å². The molecule has 106 valence electrons. The molecule has 0 spiro atoms. The van der Waals surface area contributed by atoms with Crippen LogP contribution >= 0.6 is 0 Å². The Morgan fingerprint density at radius 2 is 1.11 bits per heavy atom. The summed E-state index contributed by atoms with van der Waals surface area (Å²) in [4.78, 5) is 0. The second kappa shape index (κ2) is 29.6. The van der Waals surface area contributed by atoms with E-state index in [2.05, 4.69) is 13.2 Å². The number of hydrogen-bond donors (Lipinski definition) is 0. The van der Waals surface area contributed by atoms with Crippen molar-refractivity contribution in [2.24, 2.45) is 0 Å². The molecule has 0 radical (unpaired) electrons. The Balaban J connectivity index is -0.000000141. The van der Waals surface area contributed by atoms with Gasteiger partial charge in [0.2, 0.25) is 0 Å². The Kier molecular flexibility index (Phi) is 42.0. The highest BCUT2D eigenvalue weighted by atomic mass is 14.0. The molecule has 0 saturated heterocycles. The van der Waals surface area contributed by atoms with Crippen LogP contribution in [0.1, 0.15) is 55.4 Å². The zero-order valence-electron chi connectivity index (χ0n) is 13.9. The standard InChI is InChI=1S/C12H16.3C2H6/c1-5-9-10-12(8-4)11(6-2)7-3;3*1-2/h5-10H,2,4H2,1,3H3;3*1-2H3/b9-5-,11-7-,12-10-;;;. The number of rotatable bonds is 4. The van der Waals surface area contributed by atoms with Crippen LogP contribution in [0, 0.1) is 0 Å². The van der Waals surface area contributed by atoms with E-state index in [1.165, 1.54) is 0 Å². The molecule has 18 heavy (non-hydrogen) atoms. The maximum Gasteiger partial charge on any atom is -0.0194 e. The van der Waals surface area contributed by atoms with Gasteiger partial charge in [0.25, 0.3) is 0 Å². The molecule has 0 aromatic heterocycles. The smallest absolute Gasteiger partial charge is 0.0194 e. The summed E-state index contributed by atoms with van der Waals surface area (Å²) < 4.78 is 0. The summed E-state index contributed by atoms with van der Waals surface area (Å²) in [5, 5.41) is 0. The van der Waals surface area contributed by atoms with Gasteiger partial charge in [-0.1, -0.05) is 91.2 Å². The first-order valence-electron chi connectivity index (χ1n) is 7.04. The molecule has 0 amide bonds. The SMILES string of the molecule is C=CC(=C/C)/C(C=C)=C\C=C/C.CC.CC.CC. The first-order chi connectivity index (χ1) is 8.79. The molecule has 0 aliphatic heterocycles. The Hall–Kier alpha value is -1.30. The zero-order valence-corrected chi connectivity index (χ0v) is 13.9. The summed E-state index contributed by atoms with van der Waals surface area (Å²) in [5.41, 5.74) is 2.22. The lowest BCUT2D eigenvalue weighted by Crippen LogP contribution is -1.80. The lowest BCUT2D eigenvalue weighted by Gasteiger charge is -1.99. The van der Waals surface area contributed by atoms with E-state index in [0.717, 1.165) is 11.1 Å². The maximum atomic E-state index is 3.74. The van der Waals surface area contributed by atoms with Crippen LogP contribution in [0.15, 0.2) is 60.8 Å². The Morgan fingerprint density at radius 3 is 1.33 bits per heavy atom. The largest absolute Gasteiger partial charge is 0.0985 e. The van der Waals surface area contributed by atoms with Gasteiger partial charge in [-0.3, -0.25) is 0 Å². The van der Waals surface area contributed by atoms with Crippen LogP contribution in [0.4, 0.5) is 0 Å². The van der Waals surface area contributed by atoms with Gasteiger partial charge in [-0.05, 0) is 25.0 Å². The molecule has 0 aromatic rings. The molecule has 0 heteroatoms. The van der Waals surface area contributed by atoms with Gasteiger partial charge in [0.05, 0.1) is 0 Å². The third kappa shape index (κ3) is 17.1. The van der Waals surface area contributed by atoms with E-state index in [0.29, 0.717) is 0 Å². The lowest BCUT2D eigenvalue weighted by atomic mass is 10.1. The molecule has 0 aliphatic carbocycles. The van der Waals surface area contributed by atoms with Gasteiger partial charge >= 0.3 is 0 Å². The fourth-order valence-electron chi connectivity index (χ4n) is 0.884. The van der Waals surface area contributed by atoms with Gasteiger partial charge in [-0.15, -0.1) is 0 Å². The van der Waals surface area contributed by atoms with E-state index in [1.54, 1.807) is 0 Å². The van der Waals surface area contributed by atoms with Crippen molar-refractivity contribution in [3.8, 4) is 0 Å². The molecular weight excluding hydrogens is 216 g/mol. The molecular formula is C18H34. The molecule has 0 nitrogen and oxygen atoms in total. The molecule has 0 atom stereocenters. The van der Waals surface area contributed by atoms with Crippen LogP contribution in [-0.2, 0) is 0 Å². The number of hydrogen-bond acceptors (Lipinski definition) is 0. The molecule has 0 aromatic carbocycles. The average Bonchev–Trinajstić information content (AvgIpc) is 2.49. The Bertz CT molecular complexity index is 237. The highest BCUT2D eigenvalue weighted by molar-refractivity contribution is 5.46. The van der Waals surface area contributed by atoms with Crippen LogP contribution in [0.5, 0.6) is 0 Å². The quantitative estimate of drug-likeness (QED) is 0.477. The average molecular weight is 250 g/mol. The molecule has 0 fully saturated rings. The van der Waals surface area contributed by atoms with E-state index in [4.69, 9.17) is 0 Å². The van der Waals surface area contributed by atoms with Gasteiger partial charge in [0, 0.05) is 0 Å². The molecule has 0 unspecified atom stereocenters. The summed E-state index contributed by atoms with van der Waals surface area (Å²) in [6.45, 7) is 23.4. The van der Waals surface area contributed by atoms with Gasteiger partial charge in [0.1, 0.15) is 0 Å². The summed E-state index contributed by atoms with van der Waals surface area (Å²) in [7, 11) is 0. The van der Waals surface area contributed by atoms with Crippen molar-refractivity contribution < 1.29 is 0 Å². The van der Waals surface area contributed by atoms with E-state index in [-0.39, 0.29) is 0 Å². The Labute approximate surface area is 117 Å². The molecule has 0 rings (SSSR count). The second-order valence-corrected chi connectivity index (χ2v) is 2.30. The van der Waals surface area contributed by atoms with Crippen LogP contribution in [0.3, 0.4) is 0 Å². The normalized spacial score (nSPS) is 10.0. The first-order valence-corrected chi connectivity index (χ1v) is 7.04. The van der Waals surface area contributed by atoms with E-state index >= 15 is 0 Å². The van der Waals surface area contributed by atoms with Crippen LogP contribution in [0.25, 0.3) is 0 Å². The fourth-order valence-corrected chi connectivity index (χ4v) is 0.884. The topological polar surface area (TPSA) is 0 Å². The highest BCUT2D eigenvalue weighted by Crippen LogP contribution is 2.11. The van der Waals surface area contributed by atoms with Crippen LogP contribution in [0.2, 0.25) is 0 Å². The number of allylic oxidation sites excluding steroid dienone is 8. The molecule has 0 N–H and O–H groups in total. The lowest BCUT2D eigenvalue weighted by molar-refractivity contribution is 1.50. The minimum absolute atomic E-state index is 1.10.